The normalized spacial score (nSPS) is 19.9. The van der Waals surface area contributed by atoms with E-state index < -0.39 is 212 Å². The first kappa shape index (κ1) is 118. The highest BCUT2D eigenvalue weighted by molar-refractivity contribution is 8.00. The van der Waals surface area contributed by atoms with Crippen molar-refractivity contribution in [2.75, 3.05) is 253 Å². The van der Waals surface area contributed by atoms with Crippen LogP contribution in [0, 0.1) is 23.7 Å². The Morgan fingerprint density at radius 3 is 1.81 bits per heavy atom. The molecule has 4 aliphatic rings. The molecular formula is C86H138N16O32S4. The number of hydrazine groups is 2. The Morgan fingerprint density at radius 2 is 1.23 bits per heavy atom. The van der Waals surface area contributed by atoms with Gasteiger partial charge in [-0.15, -0.1) is 5.53 Å². The highest BCUT2D eigenvalue weighted by Gasteiger charge is 2.46. The van der Waals surface area contributed by atoms with Crippen molar-refractivity contribution in [3.05, 3.63) is 35.2 Å². The molecule has 1 aromatic heterocycles. The van der Waals surface area contributed by atoms with Crippen molar-refractivity contribution in [1.82, 2.24) is 73.7 Å². The van der Waals surface area contributed by atoms with Crippen LogP contribution in [0.15, 0.2) is 34.2 Å². The Kier molecular flexibility index (Phi) is 58.1. The van der Waals surface area contributed by atoms with Gasteiger partial charge in [-0.1, -0.05) is 32.3 Å². The number of aromatic amines is 1. The number of carbonyl (C=O) groups is 14. The molecule has 0 saturated carbocycles. The third kappa shape index (κ3) is 45.7. The fourth-order valence-corrected chi connectivity index (χ4v) is 17.3. The number of nitrogens with zero attached hydrogens (tertiary/aromatic N) is 3. The molecule has 18 N–H and O–H groups in total. The molecule has 2 bridgehead atoms. The van der Waals surface area contributed by atoms with Gasteiger partial charge in [0.25, 0.3) is 5.91 Å². The maximum absolute atomic E-state index is 15.3. The molecule has 11 amide bonds. The lowest BCUT2D eigenvalue weighted by atomic mass is 9.85. The number of aliphatic hydroxyl groups excluding tert-OH is 3. The summed E-state index contributed by atoms with van der Waals surface area (Å²) < 4.78 is 82.2. The second kappa shape index (κ2) is 68.1. The summed E-state index contributed by atoms with van der Waals surface area (Å²) in [7, 11) is -2.46. The van der Waals surface area contributed by atoms with Crippen LogP contribution in [0.4, 0.5) is 4.79 Å². The van der Waals surface area contributed by atoms with Crippen molar-refractivity contribution in [2.45, 2.75) is 119 Å². The number of aromatic nitrogens is 1. The van der Waals surface area contributed by atoms with Crippen LogP contribution in [0.2, 0.25) is 0 Å². The van der Waals surface area contributed by atoms with E-state index in [1.807, 2.05) is 12.5 Å². The van der Waals surface area contributed by atoms with E-state index in [4.69, 9.17) is 67.4 Å². The minimum atomic E-state index is -2.46. The number of benzene rings is 1. The summed E-state index contributed by atoms with van der Waals surface area (Å²) >= 11 is 4.50. The van der Waals surface area contributed by atoms with Gasteiger partial charge in [-0.25, -0.2) is 4.79 Å². The van der Waals surface area contributed by atoms with Gasteiger partial charge in [0.1, 0.15) is 35.5 Å². The third-order valence-electron chi connectivity index (χ3n) is 21.6. The number of thioether (sulfide) groups is 3. The average molecular weight is 2040 g/mol. The van der Waals surface area contributed by atoms with Crippen molar-refractivity contribution in [3.63, 3.8) is 0 Å². The summed E-state index contributed by atoms with van der Waals surface area (Å²) in [5, 5.41) is 71.8. The van der Waals surface area contributed by atoms with Gasteiger partial charge in [0.2, 0.25) is 53.2 Å². The first-order valence-electron chi connectivity index (χ1n) is 45.6. The number of Topliss-reactive ketones (excluding diaryl/α,β-unsaturated/α-hetero) is 3. The van der Waals surface area contributed by atoms with E-state index in [0.29, 0.717) is 167 Å². The molecule has 1 aromatic carbocycles. The summed E-state index contributed by atoms with van der Waals surface area (Å²) in [5.74, 6) is -13.9. The van der Waals surface area contributed by atoms with Gasteiger partial charge in [0.05, 0.1) is 243 Å². The Balaban J connectivity index is 0.779. The molecule has 52 heteroatoms. The number of hydrogen-bond donors (Lipinski definition) is 17. The molecule has 48 nitrogen and oxygen atoms in total. The predicted molar refractivity (Wildman–Crippen MR) is 504 cm³/mol. The largest absolute Gasteiger partial charge is 0.508 e. The topological polar surface area (TPSA) is 650 Å². The van der Waals surface area contributed by atoms with Crippen LogP contribution in [-0.4, -0.2) is 417 Å². The number of H-pyrrole nitrogens is 1. The number of ketones is 3. The molecule has 1 fully saturated rings. The zero-order valence-corrected chi connectivity index (χ0v) is 82.1. The molecule has 6 rings (SSSR count). The lowest BCUT2D eigenvalue weighted by Gasteiger charge is -2.32. The van der Waals surface area contributed by atoms with Crippen LogP contribution in [0.5, 0.6) is 5.75 Å². The van der Waals surface area contributed by atoms with Crippen LogP contribution in [0.25, 0.3) is 10.9 Å². The van der Waals surface area contributed by atoms with Gasteiger partial charge in [-0.3, -0.25) is 71.5 Å². The highest BCUT2D eigenvalue weighted by atomic mass is 32.2. The first-order chi connectivity index (χ1) is 66.5. The molecular weight excluding hydrogens is 1900 g/mol. The lowest BCUT2D eigenvalue weighted by molar-refractivity contribution is -0.144. The molecule has 0 spiro atoms. The van der Waals surface area contributed by atoms with Gasteiger partial charge in [-0.05, 0) is 42.5 Å². The number of aromatic hydroxyl groups is 1. The van der Waals surface area contributed by atoms with Gasteiger partial charge >= 0.3 is 6.09 Å². The Morgan fingerprint density at radius 1 is 0.659 bits per heavy atom. The van der Waals surface area contributed by atoms with Crippen molar-refractivity contribution < 1.29 is 153 Å². The number of phenolic OH excluding ortho intramolecular Hbond substituents is 1. The maximum atomic E-state index is 15.3. The zero-order valence-electron chi connectivity index (χ0n) is 78.8. The molecule has 5 heterocycles. The number of rotatable bonds is 64. The zero-order chi connectivity index (χ0) is 100. The van der Waals surface area contributed by atoms with Gasteiger partial charge < -0.3 is 151 Å². The fourth-order valence-electron chi connectivity index (χ4n) is 14.0. The number of oxime groups is 1. The maximum Gasteiger partial charge on any atom is 0.407 e. The molecule has 4 aliphatic heterocycles. The number of carbonyl (C=O) groups excluding carboxylic acids is 14. The molecule has 11 atom stereocenters. The SMILES string of the molecule is CC[C@H](C)[C@@H]1CC(=O)CNC(=O)[C@H]2CC(=O)[C@H]([C@@H](C)[C@@H](O)CO)NC(=O)[C@@H]3C[C@@H](O)CN3C(=O)[C@H](CC(N)=O)NC(=O)C(CS(=O)c3[nH]c4c(CSCCOCCOCCOCCOCCOCCOCCOCCOCCOCCOCCOCCN5C=C(COC(=O)NCCNC(=O)CCC(=O)CNC(=O)CNC(=O)CON=C(CSC)CSC)NN5)c(O)ccc4c3C2)NC(=O)CNC1=O. The standard InChI is InChI=1S/C86H138N16O32S4/c1-6-55(2)64-39-61(105)43-92-80(115)57-37-65-63-8-9-70(107)66(79(63)97-84(65)138(121)54-68(94-76(113)45-93-81(64)116)82(117)95-67(41-73(87)110)85(119)102-47-62(106)40-69(102)83(118)96-78(71(108)38-57)56(3)72(109)48-103)53-137-36-35-132-34-33-131-32-31-130-30-29-129-28-27-128-26-25-127-24-23-126-22-21-125-20-19-124-18-17-123-16-15-122-14-13-101-46-58(98-100-101)49-133-86(120)89-12-11-88-74(111)10-7-60(104)42-90-75(112)44-91-77(114)50-134-99-59(51-135-4)52-136-5/h8-9,46,55-57,62,64,67-69,72,78,97-98,100,103,106-107,109H,6-7,10-45,47-54H2,1-5H3,(H2,87,110)(H,88,111)(H,89,120)(H,90,112)(H,91,114)(H,92,115)(H,93,116)(H,94,113)(H,95,117)(H,96,118)/t55-,56-,57+,62+,64-,67-,68?,69-,72-,78-,138?/m0/s1. The first-order valence-corrected chi connectivity index (χ1v) is 50.9. The van der Waals surface area contributed by atoms with E-state index in [-0.39, 0.29) is 111 Å². The monoisotopic (exact) mass is 2030 g/mol. The van der Waals surface area contributed by atoms with Crippen LogP contribution in [0.1, 0.15) is 76.8 Å². The summed E-state index contributed by atoms with van der Waals surface area (Å²) in [6, 6.07) is -4.20. The number of primary amides is 1. The van der Waals surface area contributed by atoms with Crippen LogP contribution < -0.4 is 64.5 Å². The van der Waals surface area contributed by atoms with Gasteiger partial charge in [0.15, 0.2) is 24.0 Å². The number of amides is 11. The molecule has 138 heavy (non-hydrogen) atoms. The van der Waals surface area contributed by atoms with E-state index in [0.717, 1.165) is 10.6 Å². The van der Waals surface area contributed by atoms with E-state index in [2.05, 4.69) is 69.0 Å². The Bertz CT molecular complexity index is 4250. The lowest BCUT2D eigenvalue weighted by Crippen LogP contribution is -2.60. The Hall–Kier alpha value is -9.05. The smallest absolute Gasteiger partial charge is 0.407 e. The number of fused-ring (bicyclic) bond motifs is 5. The fraction of sp³-hybridized carbons (Fsp3) is 0.709. The second-order valence-corrected chi connectivity index (χ2v) is 36.4. The van der Waals surface area contributed by atoms with E-state index in [1.54, 1.807) is 48.6 Å². The quantitative estimate of drug-likeness (QED) is 0.0168. The number of alkyl carbamates (subject to hydrolysis) is 1. The Labute approximate surface area is 815 Å². The summed E-state index contributed by atoms with van der Waals surface area (Å²) in [6.07, 6.45) is -0.932. The van der Waals surface area contributed by atoms with Crippen molar-refractivity contribution in [1.29, 1.82) is 0 Å². The minimum Gasteiger partial charge on any atom is -0.508 e. The molecule has 2 aromatic rings. The van der Waals surface area contributed by atoms with Crippen molar-refractivity contribution in [3.8, 4) is 5.75 Å². The number of hydrogen-bond acceptors (Lipinski definition) is 39. The predicted octanol–water partition coefficient (Wildman–Crippen LogP) is -4.63. The van der Waals surface area contributed by atoms with Crippen molar-refractivity contribution in [2.24, 2.45) is 34.6 Å². The van der Waals surface area contributed by atoms with E-state index in [9.17, 15) is 82.8 Å². The van der Waals surface area contributed by atoms with Crippen LogP contribution in [-0.2, 0) is 147 Å². The molecule has 0 aliphatic carbocycles. The van der Waals surface area contributed by atoms with E-state index >= 15 is 9.00 Å². The number of phenols is 1. The van der Waals surface area contributed by atoms with Crippen LogP contribution in [0.3, 0.4) is 0 Å². The van der Waals surface area contributed by atoms with Gasteiger partial charge in [-0.2, -0.15) is 35.3 Å². The highest BCUT2D eigenvalue weighted by Crippen LogP contribution is 2.37. The van der Waals surface area contributed by atoms with Crippen LogP contribution >= 0.6 is 35.3 Å². The van der Waals surface area contributed by atoms with Gasteiger partial charge in [0, 0.05) is 110 Å². The number of nitrogens with two attached hydrogens (primary N) is 1. The summed E-state index contributed by atoms with van der Waals surface area (Å²) in [5.41, 5.74) is 13.4. The summed E-state index contributed by atoms with van der Waals surface area (Å²) in [4.78, 5) is 197. The number of nitrogens with one attached hydrogen (secondary N) is 12. The summed E-state index contributed by atoms with van der Waals surface area (Å²) in [6.45, 7) is 9.30. The number of aliphatic hydroxyl groups is 3. The minimum absolute atomic E-state index is 0.0569. The van der Waals surface area contributed by atoms with E-state index in [1.165, 1.54) is 30.8 Å². The average Bonchev–Trinajstić information content (AvgIpc) is 1.61. The molecule has 1 saturated heterocycles. The molecule has 778 valence electrons. The third-order valence-corrected chi connectivity index (χ3v) is 25.2. The van der Waals surface area contributed by atoms with Crippen molar-refractivity contribution >= 4 is 145 Å². The second-order valence-electron chi connectivity index (χ2n) is 32.1. The molecule has 2 unspecified atom stereocenters. The number of ether oxygens (including phenoxy) is 12. The molecule has 0 radical (unpaired) electrons.